The lowest BCUT2D eigenvalue weighted by atomic mass is 10.2. The first-order chi connectivity index (χ1) is 8.69. The second kappa shape index (κ2) is 8.56. The molecule has 0 spiro atoms. The largest absolute Gasteiger partial charge is 0.466 e. The number of hydrogen-bond donors (Lipinski definition) is 1. The van der Waals surface area contributed by atoms with Crippen molar-refractivity contribution in [1.82, 2.24) is 5.32 Å². The molecule has 1 aromatic carbocycles. The Morgan fingerprint density at radius 2 is 1.94 bits per heavy atom. The van der Waals surface area contributed by atoms with Crippen LogP contribution in [0.1, 0.15) is 5.56 Å². The maximum absolute atomic E-state index is 6.09. The Bertz CT molecular complexity index is 375. The minimum atomic E-state index is 0.145. The zero-order valence-corrected chi connectivity index (χ0v) is 12.0. The molecule has 0 bridgehead atoms. The topological polar surface area (TPSA) is 39.7 Å². The predicted octanol–water partition coefficient (Wildman–Crippen LogP) is 2.71. The lowest BCUT2D eigenvalue weighted by Crippen LogP contribution is -2.19. The van der Waals surface area contributed by atoms with Crippen molar-refractivity contribution < 1.29 is 14.2 Å². The fourth-order valence-corrected chi connectivity index (χ4v) is 2.01. The van der Waals surface area contributed by atoms with Crippen LogP contribution in [0.2, 0.25) is 10.0 Å². The van der Waals surface area contributed by atoms with Gasteiger partial charge in [0.2, 0.25) is 0 Å². The summed E-state index contributed by atoms with van der Waals surface area (Å²) < 4.78 is 15.3. The van der Waals surface area contributed by atoms with Gasteiger partial charge < -0.3 is 19.5 Å². The van der Waals surface area contributed by atoms with Crippen molar-refractivity contribution in [2.75, 3.05) is 34.2 Å². The number of nitrogens with one attached hydrogen (secondary N) is 1. The van der Waals surface area contributed by atoms with Crippen LogP contribution in [0, 0.1) is 0 Å². The van der Waals surface area contributed by atoms with Crippen LogP contribution in [0.4, 0.5) is 0 Å². The van der Waals surface area contributed by atoms with Gasteiger partial charge in [-0.3, -0.25) is 0 Å². The summed E-state index contributed by atoms with van der Waals surface area (Å²) in [5, 5.41) is 4.26. The standard InChI is InChI=1S/C12H17Cl2NO3/c1-16-4-3-15-7-9-5-10(13)6-11(14)12(9)18-8-17-2/h5-6,15H,3-4,7-8H2,1-2H3. The molecular formula is C12H17Cl2NO3. The van der Waals surface area contributed by atoms with E-state index in [0.29, 0.717) is 28.9 Å². The maximum Gasteiger partial charge on any atom is 0.188 e. The van der Waals surface area contributed by atoms with Crippen LogP contribution in [-0.4, -0.2) is 34.2 Å². The Labute approximate surface area is 117 Å². The number of methoxy groups -OCH3 is 2. The highest BCUT2D eigenvalue weighted by atomic mass is 35.5. The molecule has 0 aromatic heterocycles. The highest BCUT2D eigenvalue weighted by Gasteiger charge is 2.10. The molecule has 102 valence electrons. The van der Waals surface area contributed by atoms with Crippen LogP contribution >= 0.6 is 23.2 Å². The lowest BCUT2D eigenvalue weighted by Gasteiger charge is -2.13. The number of rotatable bonds is 8. The monoisotopic (exact) mass is 293 g/mol. The van der Waals surface area contributed by atoms with Crippen LogP contribution in [0.15, 0.2) is 12.1 Å². The molecular weight excluding hydrogens is 277 g/mol. The van der Waals surface area contributed by atoms with Crippen molar-refractivity contribution in [3.8, 4) is 5.75 Å². The maximum atomic E-state index is 6.09. The number of benzene rings is 1. The summed E-state index contributed by atoms with van der Waals surface area (Å²) in [6.07, 6.45) is 0. The summed E-state index contributed by atoms with van der Waals surface area (Å²) in [5.41, 5.74) is 0.889. The molecule has 0 saturated heterocycles. The average Bonchev–Trinajstić information content (AvgIpc) is 2.33. The van der Waals surface area contributed by atoms with E-state index in [-0.39, 0.29) is 6.79 Å². The molecule has 0 fully saturated rings. The Morgan fingerprint density at radius 1 is 1.17 bits per heavy atom. The molecule has 0 aliphatic rings. The van der Waals surface area contributed by atoms with E-state index in [9.17, 15) is 0 Å². The molecule has 0 atom stereocenters. The summed E-state index contributed by atoms with van der Waals surface area (Å²) >= 11 is 12.1. The van der Waals surface area contributed by atoms with E-state index in [1.165, 1.54) is 0 Å². The van der Waals surface area contributed by atoms with Crippen LogP contribution in [0.3, 0.4) is 0 Å². The van der Waals surface area contributed by atoms with Crippen molar-refractivity contribution in [3.63, 3.8) is 0 Å². The molecule has 0 amide bonds. The minimum absolute atomic E-state index is 0.145. The van der Waals surface area contributed by atoms with Crippen molar-refractivity contribution in [2.24, 2.45) is 0 Å². The second-order valence-corrected chi connectivity index (χ2v) is 4.44. The molecule has 0 radical (unpaired) electrons. The number of halogens is 2. The first-order valence-electron chi connectivity index (χ1n) is 5.48. The Hall–Kier alpha value is -0.520. The van der Waals surface area contributed by atoms with Crippen LogP contribution in [0.5, 0.6) is 5.75 Å². The fourth-order valence-electron chi connectivity index (χ4n) is 1.42. The molecule has 1 rings (SSSR count). The van der Waals surface area contributed by atoms with E-state index in [0.717, 1.165) is 12.1 Å². The van der Waals surface area contributed by atoms with E-state index in [4.69, 9.17) is 37.4 Å². The minimum Gasteiger partial charge on any atom is -0.466 e. The number of ether oxygens (including phenoxy) is 3. The Kier molecular flexibility index (Phi) is 7.39. The predicted molar refractivity (Wildman–Crippen MR) is 72.5 cm³/mol. The van der Waals surface area contributed by atoms with Crippen molar-refractivity contribution in [3.05, 3.63) is 27.7 Å². The van der Waals surface area contributed by atoms with Gasteiger partial charge in [0, 0.05) is 37.9 Å². The van der Waals surface area contributed by atoms with Crippen LogP contribution < -0.4 is 10.1 Å². The zero-order valence-electron chi connectivity index (χ0n) is 10.5. The van der Waals surface area contributed by atoms with E-state index < -0.39 is 0 Å². The Morgan fingerprint density at radius 3 is 2.61 bits per heavy atom. The summed E-state index contributed by atoms with van der Waals surface area (Å²) in [4.78, 5) is 0. The smallest absolute Gasteiger partial charge is 0.188 e. The van der Waals surface area contributed by atoms with Gasteiger partial charge in [-0.25, -0.2) is 0 Å². The summed E-state index contributed by atoms with van der Waals surface area (Å²) in [7, 11) is 3.21. The van der Waals surface area contributed by atoms with E-state index >= 15 is 0 Å². The van der Waals surface area contributed by atoms with Crippen LogP contribution in [0.25, 0.3) is 0 Å². The van der Waals surface area contributed by atoms with Gasteiger partial charge in [-0.05, 0) is 12.1 Å². The normalized spacial score (nSPS) is 10.7. The van der Waals surface area contributed by atoms with Gasteiger partial charge in [0.1, 0.15) is 5.75 Å². The van der Waals surface area contributed by atoms with Gasteiger partial charge in [0.05, 0.1) is 11.6 Å². The number of hydrogen-bond acceptors (Lipinski definition) is 4. The third-order valence-corrected chi connectivity index (χ3v) is 2.70. The molecule has 18 heavy (non-hydrogen) atoms. The molecule has 0 aliphatic carbocycles. The SMILES string of the molecule is COCCNCc1cc(Cl)cc(Cl)c1OCOC. The quantitative estimate of drug-likeness (QED) is 0.591. The molecule has 0 aliphatic heterocycles. The second-order valence-electron chi connectivity index (χ2n) is 3.60. The van der Waals surface area contributed by atoms with Gasteiger partial charge in [0.15, 0.2) is 6.79 Å². The molecule has 1 N–H and O–H groups in total. The first-order valence-corrected chi connectivity index (χ1v) is 6.24. The highest BCUT2D eigenvalue weighted by Crippen LogP contribution is 2.32. The molecule has 0 saturated carbocycles. The van der Waals surface area contributed by atoms with E-state index in [1.54, 1.807) is 20.3 Å². The third-order valence-electron chi connectivity index (χ3n) is 2.20. The molecule has 0 heterocycles. The van der Waals surface area contributed by atoms with Crippen molar-refractivity contribution in [2.45, 2.75) is 6.54 Å². The highest BCUT2D eigenvalue weighted by molar-refractivity contribution is 6.35. The molecule has 4 nitrogen and oxygen atoms in total. The van der Waals surface area contributed by atoms with Gasteiger partial charge in [-0.2, -0.15) is 0 Å². The Balaban J connectivity index is 2.72. The van der Waals surface area contributed by atoms with Gasteiger partial charge in [-0.1, -0.05) is 23.2 Å². The summed E-state index contributed by atoms with van der Waals surface area (Å²) in [5.74, 6) is 0.591. The average molecular weight is 294 g/mol. The third kappa shape index (κ3) is 5.00. The summed E-state index contributed by atoms with van der Waals surface area (Å²) in [6.45, 7) is 2.13. The van der Waals surface area contributed by atoms with Crippen molar-refractivity contribution in [1.29, 1.82) is 0 Å². The first kappa shape index (κ1) is 15.5. The van der Waals surface area contributed by atoms with Gasteiger partial charge >= 0.3 is 0 Å². The fraction of sp³-hybridized carbons (Fsp3) is 0.500. The van der Waals surface area contributed by atoms with Crippen molar-refractivity contribution >= 4 is 23.2 Å². The molecule has 6 heteroatoms. The van der Waals surface area contributed by atoms with Gasteiger partial charge in [0.25, 0.3) is 0 Å². The molecule has 0 unspecified atom stereocenters. The van der Waals surface area contributed by atoms with E-state index in [2.05, 4.69) is 5.32 Å². The summed E-state index contributed by atoms with van der Waals surface area (Å²) in [6, 6.07) is 3.46. The lowest BCUT2D eigenvalue weighted by molar-refractivity contribution is 0.0504. The van der Waals surface area contributed by atoms with Gasteiger partial charge in [-0.15, -0.1) is 0 Å². The molecule has 1 aromatic rings. The van der Waals surface area contributed by atoms with Crippen LogP contribution in [-0.2, 0) is 16.0 Å². The zero-order chi connectivity index (χ0) is 13.4. The van der Waals surface area contributed by atoms with E-state index in [1.807, 2.05) is 6.07 Å².